The molecule has 1 heterocycles. The van der Waals surface area contributed by atoms with Crippen molar-refractivity contribution in [3.05, 3.63) is 12.2 Å². The maximum atomic E-state index is 14.1. The quantitative estimate of drug-likeness (QED) is 0.415. The minimum atomic E-state index is -1.04. The van der Waals surface area contributed by atoms with Crippen LogP contribution in [-0.4, -0.2) is 49.7 Å². The van der Waals surface area contributed by atoms with Crippen LogP contribution in [-0.2, 0) is 19.1 Å². The number of carbonyl (C=O) groups excluding carboxylic acids is 3. The largest absolute Gasteiger partial charge is 0.465 e. The van der Waals surface area contributed by atoms with Gasteiger partial charge in [0.15, 0.2) is 11.6 Å². The van der Waals surface area contributed by atoms with Gasteiger partial charge in [-0.25, -0.2) is 0 Å². The molecule has 1 spiro atoms. The minimum Gasteiger partial charge on any atom is -0.465 e. The van der Waals surface area contributed by atoms with Crippen molar-refractivity contribution in [3.63, 3.8) is 0 Å². The van der Waals surface area contributed by atoms with E-state index in [9.17, 15) is 14.4 Å². The van der Waals surface area contributed by atoms with E-state index in [0.29, 0.717) is 25.1 Å². The summed E-state index contributed by atoms with van der Waals surface area (Å²) in [6.07, 6.45) is 4.87. The van der Waals surface area contributed by atoms with E-state index >= 15 is 0 Å². The zero-order chi connectivity index (χ0) is 20.1. The molecular formula is C23H31NO4. The number of ether oxygens (including phenoxy) is 1. The Kier molecular flexibility index (Phi) is 3.68. The van der Waals surface area contributed by atoms with E-state index in [1.807, 2.05) is 19.0 Å². The molecular weight excluding hydrogens is 354 g/mol. The average molecular weight is 386 g/mol. The van der Waals surface area contributed by atoms with Gasteiger partial charge in [-0.2, -0.15) is 0 Å². The third kappa shape index (κ3) is 1.90. The molecule has 28 heavy (non-hydrogen) atoms. The molecule has 5 saturated carbocycles. The van der Waals surface area contributed by atoms with Crippen LogP contribution < -0.4 is 0 Å². The summed E-state index contributed by atoms with van der Waals surface area (Å²) >= 11 is 0. The maximum Gasteiger partial charge on any atom is 0.312 e. The minimum absolute atomic E-state index is 0.0269. The van der Waals surface area contributed by atoms with Crippen LogP contribution in [0.2, 0.25) is 0 Å². The standard InChI is InChI=1S/C23H31NO4/c1-13-14-6-9-23(18(13)25)16(10-14)22-8-5-7-21(2,12-28-20(22)27)17(22)15(19(23)26)11-24(3)4/h14-17H,1,5-12H2,2-4H3/t14-,15?,16?,17?,21-,22+,23-/m0/s1. The molecule has 6 aliphatic rings. The van der Waals surface area contributed by atoms with Crippen molar-refractivity contribution in [1.29, 1.82) is 0 Å². The van der Waals surface area contributed by atoms with E-state index in [0.717, 1.165) is 32.1 Å². The number of allylic oxidation sites excluding steroid dienone is 1. The van der Waals surface area contributed by atoms with E-state index in [2.05, 4.69) is 13.5 Å². The monoisotopic (exact) mass is 385 g/mol. The first-order valence-corrected chi connectivity index (χ1v) is 10.8. The third-order valence-corrected chi connectivity index (χ3v) is 9.11. The van der Waals surface area contributed by atoms with E-state index in [1.54, 1.807) is 0 Å². The fourth-order valence-corrected chi connectivity index (χ4v) is 8.21. The van der Waals surface area contributed by atoms with E-state index in [-0.39, 0.29) is 46.6 Å². The van der Waals surface area contributed by atoms with E-state index < -0.39 is 10.8 Å². The number of carbonyl (C=O) groups is 3. The summed E-state index contributed by atoms with van der Waals surface area (Å²) in [5.41, 5.74) is -1.29. The van der Waals surface area contributed by atoms with Crippen molar-refractivity contribution in [2.24, 2.45) is 39.9 Å². The van der Waals surface area contributed by atoms with Gasteiger partial charge < -0.3 is 9.64 Å². The Hall–Kier alpha value is -1.49. The molecule has 6 rings (SSSR count). The summed E-state index contributed by atoms with van der Waals surface area (Å²) < 4.78 is 5.81. The van der Waals surface area contributed by atoms with Crippen molar-refractivity contribution in [2.45, 2.75) is 45.4 Å². The topological polar surface area (TPSA) is 63.7 Å². The second-order valence-corrected chi connectivity index (χ2v) is 10.7. The van der Waals surface area contributed by atoms with Crippen LogP contribution in [0.4, 0.5) is 0 Å². The number of cyclic esters (lactones) is 1. The Morgan fingerprint density at radius 1 is 1.18 bits per heavy atom. The lowest BCUT2D eigenvalue weighted by molar-refractivity contribution is -0.241. The highest BCUT2D eigenvalue weighted by molar-refractivity contribution is 6.18. The van der Waals surface area contributed by atoms with Crippen molar-refractivity contribution in [1.82, 2.24) is 4.90 Å². The zero-order valence-corrected chi connectivity index (χ0v) is 17.3. The summed E-state index contributed by atoms with van der Waals surface area (Å²) in [6.45, 7) is 7.26. The molecule has 6 fully saturated rings. The number of fused-ring (bicyclic) bond motifs is 2. The number of hydrogen-bond donors (Lipinski definition) is 0. The Labute approximate surface area is 166 Å². The van der Waals surface area contributed by atoms with Gasteiger partial charge in [0.25, 0.3) is 0 Å². The summed E-state index contributed by atoms with van der Waals surface area (Å²) in [5.74, 6) is -0.514. The number of Topliss-reactive ketones (excluding diaryl/α,β-unsaturated/α-hetero) is 2. The first kappa shape index (κ1) is 18.5. The first-order chi connectivity index (χ1) is 13.2. The lowest BCUT2D eigenvalue weighted by Crippen LogP contribution is -2.75. The highest BCUT2D eigenvalue weighted by Crippen LogP contribution is 2.72. The molecule has 152 valence electrons. The van der Waals surface area contributed by atoms with Crippen molar-refractivity contribution in [3.8, 4) is 0 Å². The van der Waals surface area contributed by atoms with Crippen LogP contribution >= 0.6 is 0 Å². The van der Waals surface area contributed by atoms with Gasteiger partial charge in [-0.3, -0.25) is 14.4 Å². The van der Waals surface area contributed by atoms with Gasteiger partial charge in [0.05, 0.1) is 17.4 Å². The molecule has 0 N–H and O–H groups in total. The predicted molar refractivity (Wildman–Crippen MR) is 103 cm³/mol. The maximum absolute atomic E-state index is 14.1. The van der Waals surface area contributed by atoms with E-state index in [4.69, 9.17) is 4.74 Å². The second-order valence-electron chi connectivity index (χ2n) is 10.7. The predicted octanol–water partition coefficient (Wildman–Crippen LogP) is 2.64. The van der Waals surface area contributed by atoms with Crippen LogP contribution in [0.15, 0.2) is 12.2 Å². The Bertz CT molecular complexity index is 802. The van der Waals surface area contributed by atoms with Gasteiger partial charge in [0.2, 0.25) is 0 Å². The molecule has 4 bridgehead atoms. The van der Waals surface area contributed by atoms with Crippen LogP contribution in [0.25, 0.3) is 0 Å². The number of nitrogens with zero attached hydrogens (tertiary/aromatic N) is 1. The van der Waals surface area contributed by atoms with Crippen molar-refractivity contribution in [2.75, 3.05) is 27.2 Å². The SMILES string of the molecule is C=C1C(=O)[C@]23CC[C@H]1CC2[C@@]12CCC[C@@](C)(COC1=O)C2C(CN(C)C)C3=O. The summed E-state index contributed by atoms with van der Waals surface area (Å²) in [7, 11) is 3.95. The summed E-state index contributed by atoms with van der Waals surface area (Å²) in [6, 6.07) is 0. The van der Waals surface area contributed by atoms with Crippen LogP contribution in [0.5, 0.6) is 0 Å². The normalized spacial score (nSPS) is 49.7. The molecule has 3 unspecified atom stereocenters. The van der Waals surface area contributed by atoms with Crippen molar-refractivity contribution >= 4 is 17.5 Å². The Balaban J connectivity index is 1.76. The lowest BCUT2D eigenvalue weighted by Gasteiger charge is -2.69. The molecule has 0 aromatic rings. The Morgan fingerprint density at radius 2 is 1.93 bits per heavy atom. The molecule has 0 radical (unpaired) electrons. The molecule has 0 aromatic heterocycles. The summed E-state index contributed by atoms with van der Waals surface area (Å²) in [4.78, 5) is 43.2. The molecule has 5 heteroatoms. The second kappa shape index (κ2) is 5.56. The fraction of sp³-hybridized carbons (Fsp3) is 0.783. The number of esters is 1. The van der Waals surface area contributed by atoms with Gasteiger partial charge in [0.1, 0.15) is 0 Å². The first-order valence-electron chi connectivity index (χ1n) is 10.8. The average Bonchev–Trinajstić information content (AvgIpc) is 2.65. The van der Waals surface area contributed by atoms with Gasteiger partial charge in [-0.15, -0.1) is 0 Å². The molecule has 5 aliphatic carbocycles. The van der Waals surface area contributed by atoms with E-state index in [1.165, 1.54) is 0 Å². The van der Waals surface area contributed by atoms with Crippen LogP contribution in [0.3, 0.4) is 0 Å². The fourth-order valence-electron chi connectivity index (χ4n) is 8.21. The third-order valence-electron chi connectivity index (χ3n) is 9.11. The number of ketones is 2. The zero-order valence-electron chi connectivity index (χ0n) is 17.3. The Morgan fingerprint density at radius 3 is 2.64 bits per heavy atom. The van der Waals surface area contributed by atoms with Gasteiger partial charge in [0, 0.05) is 17.9 Å². The molecule has 1 aliphatic heterocycles. The highest BCUT2D eigenvalue weighted by atomic mass is 16.5. The molecule has 5 nitrogen and oxygen atoms in total. The number of rotatable bonds is 2. The van der Waals surface area contributed by atoms with Crippen LogP contribution in [0, 0.1) is 39.9 Å². The lowest BCUT2D eigenvalue weighted by atomic mass is 9.33. The van der Waals surface area contributed by atoms with Crippen LogP contribution in [0.1, 0.15) is 45.4 Å². The van der Waals surface area contributed by atoms with Gasteiger partial charge >= 0.3 is 5.97 Å². The molecule has 1 saturated heterocycles. The smallest absolute Gasteiger partial charge is 0.312 e. The molecule has 7 atom stereocenters. The highest BCUT2D eigenvalue weighted by Gasteiger charge is 2.78. The molecule has 0 aromatic carbocycles. The number of hydrogen-bond acceptors (Lipinski definition) is 5. The molecule has 0 amide bonds. The van der Waals surface area contributed by atoms with Crippen molar-refractivity contribution < 1.29 is 19.1 Å². The summed E-state index contributed by atoms with van der Waals surface area (Å²) in [5, 5.41) is 0. The van der Waals surface area contributed by atoms with Gasteiger partial charge in [-0.05, 0) is 69.5 Å². The van der Waals surface area contributed by atoms with Gasteiger partial charge in [-0.1, -0.05) is 19.9 Å².